The molecule has 0 radical (unpaired) electrons. The van der Waals surface area contributed by atoms with Crippen LogP contribution < -0.4 is 5.32 Å². The van der Waals surface area contributed by atoms with Crippen LogP contribution in [0.1, 0.15) is 18.9 Å². The van der Waals surface area contributed by atoms with E-state index in [1.165, 1.54) is 0 Å². The molecule has 2 rings (SSSR count). The summed E-state index contributed by atoms with van der Waals surface area (Å²) in [4.78, 5) is 6.79. The Kier molecular flexibility index (Phi) is 11.3. The first-order chi connectivity index (χ1) is 11.7. The van der Waals surface area contributed by atoms with Crippen molar-refractivity contribution in [3.63, 3.8) is 0 Å². The van der Waals surface area contributed by atoms with Crippen molar-refractivity contribution in [1.82, 2.24) is 10.2 Å². The molecule has 1 heterocycles. The Morgan fingerprint density at radius 3 is 2.80 bits per heavy atom. The second-order valence-corrected chi connectivity index (χ2v) is 7.70. The van der Waals surface area contributed by atoms with E-state index < -0.39 is 10.8 Å². The van der Waals surface area contributed by atoms with Crippen molar-refractivity contribution in [2.45, 2.75) is 19.1 Å². The third-order valence-corrected chi connectivity index (χ3v) is 5.30. The van der Waals surface area contributed by atoms with Crippen molar-refractivity contribution >= 4 is 40.7 Å². The molecule has 0 amide bonds. The first kappa shape index (κ1) is 22.4. The monoisotopic (exact) mass is 479 g/mol. The summed E-state index contributed by atoms with van der Waals surface area (Å²) in [6.07, 6.45) is 1.12. The molecule has 0 bridgehead atoms. The van der Waals surface area contributed by atoms with E-state index in [2.05, 4.69) is 29.2 Å². The Balaban J connectivity index is 0.00000312. The van der Waals surface area contributed by atoms with E-state index in [1.54, 1.807) is 0 Å². The van der Waals surface area contributed by atoms with E-state index in [-0.39, 0.29) is 24.0 Å². The highest BCUT2D eigenvalue weighted by molar-refractivity contribution is 14.0. The number of ether oxygens (including phenoxy) is 1. The molecule has 7 heteroatoms. The lowest BCUT2D eigenvalue weighted by Gasteiger charge is -2.24. The van der Waals surface area contributed by atoms with Crippen LogP contribution in [0.3, 0.4) is 0 Å². The Labute approximate surface area is 171 Å². The number of benzene rings is 1. The minimum Gasteiger partial charge on any atom is -0.381 e. The highest BCUT2D eigenvalue weighted by Gasteiger charge is 2.19. The van der Waals surface area contributed by atoms with Crippen LogP contribution in [0.4, 0.5) is 0 Å². The average Bonchev–Trinajstić information content (AvgIpc) is 3.08. The summed E-state index contributed by atoms with van der Waals surface area (Å²) < 4.78 is 17.6. The molecule has 25 heavy (non-hydrogen) atoms. The lowest BCUT2D eigenvalue weighted by Crippen LogP contribution is -2.41. The van der Waals surface area contributed by atoms with Gasteiger partial charge in [-0.15, -0.1) is 24.0 Å². The number of hydrogen-bond donors (Lipinski definition) is 1. The van der Waals surface area contributed by atoms with Crippen molar-refractivity contribution in [1.29, 1.82) is 0 Å². The third-order valence-electron chi connectivity index (χ3n) is 4.00. The Bertz CT molecular complexity index is 536. The SMILES string of the molecule is CCNC(=NCCS(=O)Cc1ccccc1)N(C)CC1CCOC1.I. The number of guanidine groups is 1. The van der Waals surface area contributed by atoms with Gasteiger partial charge in [0, 0.05) is 55.0 Å². The van der Waals surface area contributed by atoms with Crippen LogP contribution >= 0.6 is 24.0 Å². The molecule has 1 aromatic carbocycles. The third kappa shape index (κ3) is 8.50. The van der Waals surface area contributed by atoms with Gasteiger partial charge in [0.1, 0.15) is 0 Å². The maximum Gasteiger partial charge on any atom is 0.193 e. The smallest absolute Gasteiger partial charge is 0.193 e. The fourth-order valence-corrected chi connectivity index (χ4v) is 3.76. The van der Waals surface area contributed by atoms with E-state index >= 15 is 0 Å². The Hall–Kier alpha value is -0.670. The summed E-state index contributed by atoms with van der Waals surface area (Å²) in [6.45, 7) is 6.12. The first-order valence-corrected chi connectivity index (χ1v) is 10.1. The van der Waals surface area contributed by atoms with Crippen LogP contribution in [-0.4, -0.2) is 60.7 Å². The molecule has 0 spiro atoms. The van der Waals surface area contributed by atoms with E-state index in [4.69, 9.17) is 4.74 Å². The summed E-state index contributed by atoms with van der Waals surface area (Å²) >= 11 is 0. The van der Waals surface area contributed by atoms with Gasteiger partial charge in [-0.3, -0.25) is 9.20 Å². The molecule has 2 atom stereocenters. The summed E-state index contributed by atoms with van der Waals surface area (Å²) in [7, 11) is 1.17. The van der Waals surface area contributed by atoms with Crippen molar-refractivity contribution < 1.29 is 8.95 Å². The zero-order valence-electron chi connectivity index (χ0n) is 15.1. The van der Waals surface area contributed by atoms with Crippen molar-refractivity contribution in [3.8, 4) is 0 Å². The second-order valence-electron chi connectivity index (χ2n) is 6.12. The standard InChI is InChI=1S/C18H29N3O2S.HI/c1-3-19-18(21(2)13-17-9-11-23-14-17)20-10-12-24(22)15-16-7-5-4-6-8-16;/h4-8,17H,3,9-15H2,1-2H3,(H,19,20);1H. The highest BCUT2D eigenvalue weighted by atomic mass is 127. The van der Waals surface area contributed by atoms with Crippen molar-refractivity contribution in [2.75, 3.05) is 45.6 Å². The summed E-state index contributed by atoms with van der Waals surface area (Å²) in [6, 6.07) is 9.97. The highest BCUT2D eigenvalue weighted by Crippen LogP contribution is 2.13. The molecule has 1 fully saturated rings. The molecule has 0 aromatic heterocycles. The number of rotatable bonds is 8. The van der Waals surface area contributed by atoms with E-state index in [0.29, 0.717) is 24.0 Å². The van der Waals surface area contributed by atoms with E-state index in [0.717, 1.165) is 44.2 Å². The molecule has 142 valence electrons. The molecule has 0 aliphatic carbocycles. The maximum absolute atomic E-state index is 12.2. The van der Waals surface area contributed by atoms with Gasteiger partial charge >= 0.3 is 0 Å². The van der Waals surface area contributed by atoms with E-state index in [1.807, 2.05) is 30.3 Å². The fraction of sp³-hybridized carbons (Fsp3) is 0.611. The topological polar surface area (TPSA) is 53.9 Å². The maximum atomic E-state index is 12.2. The predicted octanol–water partition coefficient (Wildman–Crippen LogP) is 2.49. The minimum atomic E-state index is -0.882. The molecule has 1 aliphatic rings. The summed E-state index contributed by atoms with van der Waals surface area (Å²) in [5.41, 5.74) is 1.12. The van der Waals surface area contributed by atoms with E-state index in [9.17, 15) is 4.21 Å². The van der Waals surface area contributed by atoms with Crippen LogP contribution in [0, 0.1) is 5.92 Å². The van der Waals surface area contributed by atoms with Crippen LogP contribution in [0.15, 0.2) is 35.3 Å². The summed E-state index contributed by atoms with van der Waals surface area (Å²) in [5, 5.41) is 3.32. The zero-order valence-corrected chi connectivity index (χ0v) is 18.3. The van der Waals surface area contributed by atoms with Crippen LogP contribution in [0.5, 0.6) is 0 Å². The van der Waals surface area contributed by atoms with Gasteiger partial charge in [0.2, 0.25) is 0 Å². The van der Waals surface area contributed by atoms with Gasteiger partial charge in [0.05, 0.1) is 13.2 Å². The largest absolute Gasteiger partial charge is 0.381 e. The first-order valence-electron chi connectivity index (χ1n) is 8.65. The number of aliphatic imine (C=N–C) groups is 1. The van der Waals surface area contributed by atoms with Gasteiger partial charge in [-0.05, 0) is 18.9 Å². The van der Waals surface area contributed by atoms with Gasteiger partial charge < -0.3 is 15.0 Å². The minimum absolute atomic E-state index is 0. The van der Waals surface area contributed by atoms with Gasteiger partial charge in [-0.25, -0.2) is 0 Å². The molecule has 1 N–H and O–H groups in total. The second kappa shape index (κ2) is 12.6. The van der Waals surface area contributed by atoms with Gasteiger partial charge in [-0.1, -0.05) is 30.3 Å². The number of halogens is 1. The molecular weight excluding hydrogens is 449 g/mol. The molecule has 1 saturated heterocycles. The summed E-state index contributed by atoms with van der Waals surface area (Å²) in [5.74, 6) is 2.65. The molecule has 1 aliphatic heterocycles. The number of nitrogens with one attached hydrogen (secondary N) is 1. The lowest BCUT2D eigenvalue weighted by molar-refractivity contribution is 0.181. The molecular formula is C18H30IN3O2S. The zero-order chi connectivity index (χ0) is 17.2. The van der Waals surface area contributed by atoms with Gasteiger partial charge in [0.15, 0.2) is 5.96 Å². The van der Waals surface area contributed by atoms with Crippen molar-refractivity contribution in [2.24, 2.45) is 10.9 Å². The molecule has 2 unspecified atom stereocenters. The van der Waals surface area contributed by atoms with Crippen LogP contribution in [0.2, 0.25) is 0 Å². The Morgan fingerprint density at radius 2 is 2.16 bits per heavy atom. The van der Waals surface area contributed by atoms with Crippen LogP contribution in [0.25, 0.3) is 0 Å². The quantitative estimate of drug-likeness (QED) is 0.354. The van der Waals surface area contributed by atoms with Crippen LogP contribution in [-0.2, 0) is 21.3 Å². The molecule has 5 nitrogen and oxygen atoms in total. The fourth-order valence-electron chi connectivity index (χ4n) is 2.76. The molecule has 1 aromatic rings. The van der Waals surface area contributed by atoms with Crippen molar-refractivity contribution in [3.05, 3.63) is 35.9 Å². The van der Waals surface area contributed by atoms with Gasteiger partial charge in [-0.2, -0.15) is 0 Å². The lowest BCUT2D eigenvalue weighted by atomic mass is 10.1. The predicted molar refractivity (Wildman–Crippen MR) is 116 cm³/mol. The normalized spacial score (nSPS) is 18.5. The number of nitrogens with zero attached hydrogens (tertiary/aromatic N) is 2. The number of hydrogen-bond acceptors (Lipinski definition) is 3. The molecule has 0 saturated carbocycles. The Morgan fingerprint density at radius 1 is 1.40 bits per heavy atom. The average molecular weight is 479 g/mol. The van der Waals surface area contributed by atoms with Gasteiger partial charge in [0.25, 0.3) is 0 Å².